The van der Waals surface area contributed by atoms with Crippen molar-refractivity contribution in [3.05, 3.63) is 82.9 Å². The highest BCUT2D eigenvalue weighted by molar-refractivity contribution is 6.46. The number of nitrogens with zero attached hydrogens (tertiary/aromatic N) is 3. The third kappa shape index (κ3) is 4.64. The summed E-state index contributed by atoms with van der Waals surface area (Å²) in [4.78, 5) is 32.1. The molecule has 0 spiro atoms. The van der Waals surface area contributed by atoms with Gasteiger partial charge in [0.15, 0.2) is 11.5 Å². The summed E-state index contributed by atoms with van der Waals surface area (Å²) in [5.74, 6) is -0.516. The number of aromatic nitrogens is 2. The Morgan fingerprint density at radius 1 is 1.03 bits per heavy atom. The number of Topliss-reactive ketones (excluding diaryl/α,β-unsaturated/α-hetero) is 1. The van der Waals surface area contributed by atoms with E-state index >= 15 is 0 Å². The van der Waals surface area contributed by atoms with Crippen LogP contribution >= 0.6 is 0 Å². The van der Waals surface area contributed by atoms with Crippen molar-refractivity contribution >= 4 is 17.4 Å². The van der Waals surface area contributed by atoms with Crippen LogP contribution in [0.25, 0.3) is 5.76 Å². The molecule has 35 heavy (non-hydrogen) atoms. The van der Waals surface area contributed by atoms with Crippen molar-refractivity contribution in [2.24, 2.45) is 0 Å². The van der Waals surface area contributed by atoms with Crippen LogP contribution < -0.4 is 9.47 Å². The highest BCUT2D eigenvalue weighted by atomic mass is 16.5. The summed E-state index contributed by atoms with van der Waals surface area (Å²) in [6.07, 6.45) is 5.86. The number of aliphatic hydroxyl groups is 1. The molecule has 4 rings (SSSR count). The van der Waals surface area contributed by atoms with Crippen molar-refractivity contribution < 1.29 is 24.2 Å². The summed E-state index contributed by atoms with van der Waals surface area (Å²) < 4.78 is 12.7. The van der Waals surface area contributed by atoms with Gasteiger partial charge in [0.25, 0.3) is 11.7 Å². The molecule has 1 aliphatic rings. The van der Waals surface area contributed by atoms with E-state index in [0.29, 0.717) is 42.1 Å². The Morgan fingerprint density at radius 2 is 1.80 bits per heavy atom. The molecular formula is C27H29N3O5. The zero-order chi connectivity index (χ0) is 25.1. The summed E-state index contributed by atoms with van der Waals surface area (Å²) in [7, 11) is 3.07. The zero-order valence-corrected chi connectivity index (χ0v) is 20.3. The topological polar surface area (TPSA) is 93.9 Å². The second kappa shape index (κ2) is 10.0. The van der Waals surface area contributed by atoms with Crippen LogP contribution in [0, 0.1) is 13.8 Å². The molecule has 1 aliphatic heterocycles. The summed E-state index contributed by atoms with van der Waals surface area (Å²) in [6.45, 7) is 4.74. The summed E-state index contributed by atoms with van der Waals surface area (Å²) in [5, 5.41) is 11.4. The van der Waals surface area contributed by atoms with Crippen LogP contribution in [0.1, 0.15) is 34.7 Å². The van der Waals surface area contributed by atoms with Crippen LogP contribution in [0.3, 0.4) is 0 Å². The van der Waals surface area contributed by atoms with Gasteiger partial charge in [-0.25, -0.2) is 4.98 Å². The molecule has 0 bridgehead atoms. The number of imidazole rings is 1. The standard InChI is InChI=1S/C27H29N3O5/c1-17-6-7-18(2)20(14-17)25(31)23-24(19-8-9-21(34-3)22(15-19)35-4)30(27(33)26(23)32)12-5-11-29-13-10-28-16-29/h6-10,13-16,24,31H,5,11-12H2,1-4H3. The van der Waals surface area contributed by atoms with Gasteiger partial charge in [0.05, 0.1) is 32.2 Å². The van der Waals surface area contributed by atoms with Crippen molar-refractivity contribution in [1.29, 1.82) is 0 Å². The van der Waals surface area contributed by atoms with Gasteiger partial charge < -0.3 is 24.0 Å². The minimum atomic E-state index is -0.766. The van der Waals surface area contributed by atoms with Gasteiger partial charge in [-0.2, -0.15) is 0 Å². The average Bonchev–Trinajstić information content (AvgIpc) is 3.47. The number of aliphatic hydroxyl groups excluding tert-OH is 1. The minimum absolute atomic E-state index is 0.0681. The Balaban J connectivity index is 1.81. The molecule has 1 unspecified atom stereocenters. The first kappa shape index (κ1) is 24.1. The number of hydrogen-bond donors (Lipinski definition) is 1. The second-order valence-corrected chi connectivity index (χ2v) is 8.58. The van der Waals surface area contributed by atoms with E-state index in [2.05, 4.69) is 4.98 Å². The molecule has 2 heterocycles. The SMILES string of the molecule is COc1ccc(C2C(=C(O)c3cc(C)ccc3C)C(=O)C(=O)N2CCCn2ccnc2)cc1OC. The molecule has 182 valence electrons. The first-order valence-corrected chi connectivity index (χ1v) is 11.4. The Kier molecular flexibility index (Phi) is 6.91. The molecule has 1 fully saturated rings. The number of ether oxygens (including phenoxy) is 2. The van der Waals surface area contributed by atoms with Crippen molar-refractivity contribution in [2.45, 2.75) is 32.9 Å². The van der Waals surface area contributed by atoms with Gasteiger partial charge in [-0.3, -0.25) is 9.59 Å². The minimum Gasteiger partial charge on any atom is -0.507 e. The Labute approximate surface area is 204 Å². The molecule has 1 saturated heterocycles. The molecule has 0 radical (unpaired) electrons. The average molecular weight is 476 g/mol. The number of amides is 1. The van der Waals surface area contributed by atoms with E-state index in [0.717, 1.165) is 11.1 Å². The third-order valence-corrected chi connectivity index (χ3v) is 6.29. The van der Waals surface area contributed by atoms with Gasteiger partial charge in [0.2, 0.25) is 0 Å². The number of likely N-dealkylation sites (tertiary alicyclic amines) is 1. The van der Waals surface area contributed by atoms with E-state index in [1.165, 1.54) is 12.0 Å². The molecule has 8 heteroatoms. The third-order valence-electron chi connectivity index (χ3n) is 6.29. The van der Waals surface area contributed by atoms with Gasteiger partial charge in [0, 0.05) is 31.0 Å². The number of rotatable bonds is 8. The van der Waals surface area contributed by atoms with Gasteiger partial charge >= 0.3 is 0 Å². The van der Waals surface area contributed by atoms with Crippen LogP contribution in [-0.4, -0.2) is 52.0 Å². The van der Waals surface area contributed by atoms with Crippen molar-refractivity contribution in [1.82, 2.24) is 14.5 Å². The number of ketones is 1. The lowest BCUT2D eigenvalue weighted by Gasteiger charge is -2.26. The maximum Gasteiger partial charge on any atom is 0.295 e. The number of benzene rings is 2. The number of hydrogen-bond acceptors (Lipinski definition) is 6. The molecule has 2 aromatic carbocycles. The highest BCUT2D eigenvalue weighted by Gasteiger charge is 2.46. The van der Waals surface area contributed by atoms with Crippen molar-refractivity contribution in [3.63, 3.8) is 0 Å². The summed E-state index contributed by atoms with van der Waals surface area (Å²) in [5.41, 5.74) is 3.00. The normalized spacial score (nSPS) is 17.1. The Hall–Kier alpha value is -4.07. The largest absolute Gasteiger partial charge is 0.507 e. The van der Waals surface area contributed by atoms with Gasteiger partial charge in [-0.05, 0) is 49.6 Å². The van der Waals surface area contributed by atoms with E-state index in [-0.39, 0.29) is 11.3 Å². The monoisotopic (exact) mass is 475 g/mol. The van der Waals surface area contributed by atoms with Gasteiger partial charge in [0.1, 0.15) is 5.76 Å². The number of carbonyl (C=O) groups excluding carboxylic acids is 2. The van der Waals surface area contributed by atoms with Crippen LogP contribution in [-0.2, 0) is 16.1 Å². The maximum absolute atomic E-state index is 13.3. The predicted octanol–water partition coefficient (Wildman–Crippen LogP) is 4.03. The van der Waals surface area contributed by atoms with E-state index in [1.807, 2.05) is 42.8 Å². The van der Waals surface area contributed by atoms with Gasteiger partial charge in [-0.15, -0.1) is 0 Å². The number of methoxy groups -OCH3 is 2. The molecular weight excluding hydrogens is 446 g/mol. The van der Waals surface area contributed by atoms with E-state index in [4.69, 9.17) is 9.47 Å². The van der Waals surface area contributed by atoms with Crippen LogP contribution in [0.2, 0.25) is 0 Å². The highest BCUT2D eigenvalue weighted by Crippen LogP contribution is 2.42. The predicted molar refractivity (Wildman–Crippen MR) is 131 cm³/mol. The van der Waals surface area contributed by atoms with E-state index < -0.39 is 17.7 Å². The Bertz CT molecular complexity index is 1280. The number of carbonyl (C=O) groups is 2. The molecule has 1 N–H and O–H groups in total. The Morgan fingerprint density at radius 3 is 2.49 bits per heavy atom. The summed E-state index contributed by atoms with van der Waals surface area (Å²) in [6, 6.07) is 10.1. The zero-order valence-electron chi connectivity index (χ0n) is 20.3. The van der Waals surface area contributed by atoms with E-state index in [1.54, 1.807) is 37.8 Å². The molecule has 1 amide bonds. The molecule has 1 atom stereocenters. The fraction of sp³-hybridized carbons (Fsp3) is 0.296. The smallest absolute Gasteiger partial charge is 0.295 e. The molecule has 3 aromatic rings. The lowest BCUT2D eigenvalue weighted by Crippen LogP contribution is -2.31. The lowest BCUT2D eigenvalue weighted by atomic mass is 9.93. The molecule has 0 aliphatic carbocycles. The quantitative estimate of drug-likeness (QED) is 0.300. The van der Waals surface area contributed by atoms with Crippen LogP contribution in [0.5, 0.6) is 11.5 Å². The maximum atomic E-state index is 13.3. The fourth-order valence-electron chi connectivity index (χ4n) is 4.46. The lowest BCUT2D eigenvalue weighted by molar-refractivity contribution is -0.139. The van der Waals surface area contributed by atoms with Crippen LogP contribution in [0.15, 0.2) is 60.7 Å². The molecule has 1 aromatic heterocycles. The van der Waals surface area contributed by atoms with Crippen molar-refractivity contribution in [3.8, 4) is 11.5 Å². The molecule has 8 nitrogen and oxygen atoms in total. The van der Waals surface area contributed by atoms with Crippen molar-refractivity contribution in [2.75, 3.05) is 20.8 Å². The first-order chi connectivity index (χ1) is 16.8. The molecule has 0 saturated carbocycles. The van der Waals surface area contributed by atoms with Gasteiger partial charge in [-0.1, -0.05) is 23.8 Å². The fourth-order valence-corrected chi connectivity index (χ4v) is 4.46. The first-order valence-electron chi connectivity index (χ1n) is 11.4. The second-order valence-electron chi connectivity index (χ2n) is 8.58. The number of aryl methyl sites for hydroxylation is 3. The van der Waals surface area contributed by atoms with Crippen LogP contribution in [0.4, 0.5) is 0 Å². The van der Waals surface area contributed by atoms with E-state index in [9.17, 15) is 14.7 Å². The summed E-state index contributed by atoms with van der Waals surface area (Å²) >= 11 is 0.